The van der Waals surface area contributed by atoms with Crippen molar-refractivity contribution in [1.29, 1.82) is 0 Å². The van der Waals surface area contributed by atoms with Crippen LogP contribution < -0.4 is 0 Å². The van der Waals surface area contributed by atoms with Crippen LogP contribution in [0.5, 0.6) is 0 Å². The molecule has 118 valence electrons. The normalized spacial score (nSPS) is 15.3. The first-order valence-corrected chi connectivity index (χ1v) is 8.11. The summed E-state index contributed by atoms with van der Waals surface area (Å²) in [6, 6.07) is 18.3. The van der Waals surface area contributed by atoms with Gasteiger partial charge in [-0.1, -0.05) is 49.4 Å². The monoisotopic (exact) mass is 305 g/mol. The van der Waals surface area contributed by atoms with Crippen LogP contribution in [0.2, 0.25) is 0 Å². The molecule has 1 N–H and O–H groups in total. The number of aliphatic hydroxyl groups is 1. The Morgan fingerprint density at radius 1 is 1.04 bits per heavy atom. The number of hydrogen-bond donors (Lipinski definition) is 1. The molecule has 2 heteroatoms. The Kier molecular flexibility index (Phi) is 4.18. The Balaban J connectivity index is 1.96. The Morgan fingerprint density at radius 3 is 2.52 bits per heavy atom. The molecule has 2 atom stereocenters. The number of benzene rings is 2. The third-order valence-electron chi connectivity index (χ3n) is 4.65. The van der Waals surface area contributed by atoms with E-state index in [4.69, 9.17) is 0 Å². The Hall–Kier alpha value is -2.19. The Bertz CT molecular complexity index is 817. The first-order chi connectivity index (χ1) is 11.0. The first-order valence-electron chi connectivity index (χ1n) is 8.11. The summed E-state index contributed by atoms with van der Waals surface area (Å²) < 4.78 is 0. The minimum absolute atomic E-state index is 0.276. The van der Waals surface area contributed by atoms with Crippen LogP contribution in [0.3, 0.4) is 0 Å². The number of pyridine rings is 1. The maximum atomic E-state index is 11.2. The average Bonchev–Trinajstić information content (AvgIpc) is 2.54. The molecule has 0 fully saturated rings. The van der Waals surface area contributed by atoms with Crippen molar-refractivity contribution in [3.8, 4) is 0 Å². The van der Waals surface area contributed by atoms with Crippen molar-refractivity contribution in [3.05, 3.63) is 77.5 Å². The molecular formula is C21H23NO. The fourth-order valence-corrected chi connectivity index (χ4v) is 3.52. The molecule has 0 radical (unpaired) electrons. The highest BCUT2D eigenvalue weighted by Crippen LogP contribution is 2.36. The molecule has 2 unspecified atom stereocenters. The van der Waals surface area contributed by atoms with Gasteiger partial charge in [-0.25, -0.2) is 0 Å². The van der Waals surface area contributed by atoms with Gasteiger partial charge in [-0.05, 0) is 55.0 Å². The summed E-state index contributed by atoms with van der Waals surface area (Å²) in [5, 5.41) is 12.2. The van der Waals surface area contributed by atoms with Crippen LogP contribution in [0.1, 0.15) is 42.9 Å². The number of hydrogen-bond acceptors (Lipinski definition) is 2. The van der Waals surface area contributed by atoms with Gasteiger partial charge in [0.05, 0.1) is 11.1 Å². The van der Waals surface area contributed by atoms with Crippen molar-refractivity contribution in [2.75, 3.05) is 0 Å². The van der Waals surface area contributed by atoms with E-state index >= 15 is 0 Å². The molecular weight excluding hydrogens is 282 g/mol. The summed E-state index contributed by atoms with van der Waals surface area (Å²) in [6.07, 6.45) is 2.45. The minimum Gasteiger partial charge on any atom is -0.385 e. The van der Waals surface area contributed by atoms with Gasteiger partial charge in [-0.15, -0.1) is 0 Å². The van der Waals surface area contributed by atoms with Gasteiger partial charge in [0.15, 0.2) is 0 Å². The second-order valence-electron chi connectivity index (χ2n) is 6.61. The van der Waals surface area contributed by atoms with E-state index in [0.717, 1.165) is 16.5 Å². The molecule has 0 spiro atoms. The molecule has 2 nitrogen and oxygen atoms in total. The number of rotatable bonds is 4. The molecule has 3 aromatic rings. The summed E-state index contributed by atoms with van der Waals surface area (Å²) in [4.78, 5) is 4.40. The van der Waals surface area contributed by atoms with Crippen LogP contribution >= 0.6 is 0 Å². The maximum absolute atomic E-state index is 11.2. The Labute approximate surface area is 137 Å². The molecule has 0 bridgehead atoms. The number of aromatic nitrogens is 1. The lowest BCUT2D eigenvalue weighted by molar-refractivity contribution is 0.0429. The predicted molar refractivity (Wildman–Crippen MR) is 95.5 cm³/mol. The predicted octanol–water partition coefficient (Wildman–Crippen LogP) is 4.94. The zero-order valence-corrected chi connectivity index (χ0v) is 14.0. The zero-order chi connectivity index (χ0) is 16.4. The van der Waals surface area contributed by atoms with E-state index in [1.165, 1.54) is 11.1 Å². The second kappa shape index (κ2) is 6.13. The minimum atomic E-state index is -0.899. The molecule has 1 aromatic heterocycles. The number of aryl methyl sites for hydroxylation is 1. The lowest BCUT2D eigenvalue weighted by Gasteiger charge is -2.29. The third kappa shape index (κ3) is 3.13. The van der Waals surface area contributed by atoms with Gasteiger partial charge in [0.2, 0.25) is 0 Å². The summed E-state index contributed by atoms with van der Waals surface area (Å²) in [7, 11) is 0. The topological polar surface area (TPSA) is 33.1 Å². The van der Waals surface area contributed by atoms with Crippen LogP contribution in [0.4, 0.5) is 0 Å². The third-order valence-corrected chi connectivity index (χ3v) is 4.65. The van der Waals surface area contributed by atoms with Crippen LogP contribution in [0.25, 0.3) is 10.9 Å². The molecule has 3 rings (SSSR count). The highest BCUT2D eigenvalue weighted by Gasteiger charge is 2.28. The highest BCUT2D eigenvalue weighted by molar-refractivity contribution is 5.82. The maximum Gasteiger partial charge on any atom is 0.0881 e. The van der Waals surface area contributed by atoms with Crippen LogP contribution in [0.15, 0.2) is 60.8 Å². The average molecular weight is 305 g/mol. The van der Waals surface area contributed by atoms with Crippen molar-refractivity contribution in [2.45, 2.75) is 38.7 Å². The van der Waals surface area contributed by atoms with Gasteiger partial charge in [-0.3, -0.25) is 4.98 Å². The van der Waals surface area contributed by atoms with Gasteiger partial charge in [-0.2, -0.15) is 0 Å². The van der Waals surface area contributed by atoms with Crippen molar-refractivity contribution < 1.29 is 5.11 Å². The highest BCUT2D eigenvalue weighted by atomic mass is 16.3. The zero-order valence-electron chi connectivity index (χ0n) is 14.0. The van der Waals surface area contributed by atoms with Gasteiger partial charge < -0.3 is 5.11 Å². The molecule has 0 aliphatic heterocycles. The van der Waals surface area contributed by atoms with E-state index in [-0.39, 0.29) is 5.92 Å². The SMILES string of the molecule is Cc1ccccc1C(C)CC(C)(O)c1ccnc2ccccc12. The molecule has 0 aliphatic carbocycles. The van der Waals surface area contributed by atoms with E-state index in [1.807, 2.05) is 37.3 Å². The van der Waals surface area contributed by atoms with Gasteiger partial charge in [0, 0.05) is 11.6 Å². The number of fused-ring (bicyclic) bond motifs is 1. The molecule has 0 saturated carbocycles. The fourth-order valence-electron chi connectivity index (χ4n) is 3.52. The smallest absolute Gasteiger partial charge is 0.0881 e. The van der Waals surface area contributed by atoms with Gasteiger partial charge in [0.25, 0.3) is 0 Å². The summed E-state index contributed by atoms with van der Waals surface area (Å²) in [6.45, 7) is 6.21. The Morgan fingerprint density at radius 2 is 1.74 bits per heavy atom. The van der Waals surface area contributed by atoms with Crippen molar-refractivity contribution in [1.82, 2.24) is 4.98 Å². The van der Waals surface area contributed by atoms with Crippen molar-refractivity contribution in [3.63, 3.8) is 0 Å². The van der Waals surface area contributed by atoms with Crippen LogP contribution in [0, 0.1) is 6.92 Å². The largest absolute Gasteiger partial charge is 0.385 e. The number of para-hydroxylation sites is 1. The first kappa shape index (κ1) is 15.7. The quantitative estimate of drug-likeness (QED) is 0.740. The van der Waals surface area contributed by atoms with E-state index < -0.39 is 5.60 Å². The second-order valence-corrected chi connectivity index (χ2v) is 6.61. The molecule has 0 aliphatic rings. The van der Waals surface area contributed by atoms with E-state index in [2.05, 4.69) is 43.1 Å². The lowest BCUT2D eigenvalue weighted by atomic mass is 9.81. The van der Waals surface area contributed by atoms with Gasteiger partial charge in [0.1, 0.15) is 0 Å². The number of nitrogens with zero attached hydrogens (tertiary/aromatic N) is 1. The lowest BCUT2D eigenvalue weighted by Crippen LogP contribution is -2.24. The van der Waals surface area contributed by atoms with Crippen LogP contribution in [-0.2, 0) is 5.60 Å². The standard InChI is InChI=1S/C21H23NO/c1-15-8-4-5-9-17(15)16(2)14-21(3,23)19-12-13-22-20-11-7-6-10-18(19)20/h4-13,16,23H,14H2,1-3H3. The van der Waals surface area contributed by atoms with E-state index in [1.54, 1.807) is 6.20 Å². The molecule has 0 saturated heterocycles. The van der Waals surface area contributed by atoms with Crippen LogP contribution in [-0.4, -0.2) is 10.1 Å². The molecule has 2 aromatic carbocycles. The van der Waals surface area contributed by atoms with E-state index in [9.17, 15) is 5.11 Å². The van der Waals surface area contributed by atoms with Crippen molar-refractivity contribution >= 4 is 10.9 Å². The van der Waals surface area contributed by atoms with Crippen molar-refractivity contribution in [2.24, 2.45) is 0 Å². The van der Waals surface area contributed by atoms with Gasteiger partial charge >= 0.3 is 0 Å². The fraction of sp³-hybridized carbons (Fsp3) is 0.286. The molecule has 0 amide bonds. The molecule has 1 heterocycles. The summed E-state index contributed by atoms with van der Waals surface area (Å²) in [5.74, 6) is 0.276. The summed E-state index contributed by atoms with van der Waals surface area (Å²) in [5.41, 5.74) is 3.54. The summed E-state index contributed by atoms with van der Waals surface area (Å²) >= 11 is 0. The van der Waals surface area contributed by atoms with E-state index in [0.29, 0.717) is 6.42 Å². The molecule has 23 heavy (non-hydrogen) atoms.